The van der Waals surface area contributed by atoms with E-state index in [0.717, 1.165) is 5.69 Å². The fourth-order valence-corrected chi connectivity index (χ4v) is 16.4. The Kier molecular flexibility index (Phi) is 7.46. The van der Waals surface area contributed by atoms with E-state index in [1.165, 1.54) is 90.2 Å². The van der Waals surface area contributed by atoms with E-state index in [9.17, 15) is 0 Å². The molecule has 0 aliphatic heterocycles. The van der Waals surface area contributed by atoms with Crippen LogP contribution in [0.2, 0.25) is 0 Å². The molecule has 3 heterocycles. The van der Waals surface area contributed by atoms with Crippen LogP contribution in [-0.2, 0) is 0 Å². The van der Waals surface area contributed by atoms with Gasteiger partial charge in [-0.25, -0.2) is 0 Å². The van der Waals surface area contributed by atoms with Crippen molar-refractivity contribution in [2.45, 2.75) is 0 Å². The molecule has 0 bridgehead atoms. The lowest BCUT2D eigenvalue weighted by molar-refractivity contribution is 1.17. The number of rotatable bonds is 6. The van der Waals surface area contributed by atoms with Crippen LogP contribution in [0.3, 0.4) is 0 Å². The molecule has 0 N–H and O–H groups in total. The van der Waals surface area contributed by atoms with Crippen molar-refractivity contribution >= 4 is 104 Å². The zero-order chi connectivity index (χ0) is 38.2. The van der Waals surface area contributed by atoms with Crippen LogP contribution in [0.5, 0.6) is 0 Å². The lowest BCUT2D eigenvalue weighted by atomic mass is 10.1. The third-order valence-corrected chi connectivity index (χ3v) is 18.5. The van der Waals surface area contributed by atoms with Crippen molar-refractivity contribution in [2.24, 2.45) is 0 Å². The van der Waals surface area contributed by atoms with E-state index in [0.29, 0.717) is 0 Å². The lowest BCUT2D eigenvalue weighted by Gasteiger charge is -2.35. The normalized spacial score (nSPS) is 12.1. The van der Waals surface area contributed by atoms with E-state index in [4.69, 9.17) is 0 Å². The van der Waals surface area contributed by atoms with E-state index in [1.807, 2.05) is 11.3 Å². The summed E-state index contributed by atoms with van der Waals surface area (Å²) in [4.78, 5) is 0. The highest BCUT2D eigenvalue weighted by Gasteiger charge is 2.43. The highest BCUT2D eigenvalue weighted by Crippen LogP contribution is 2.38. The molecule has 4 heteroatoms. The number of benzene rings is 9. The topological polar surface area (TPSA) is 9.86 Å². The maximum atomic E-state index is 2.51. The predicted octanol–water partition coefficient (Wildman–Crippen LogP) is 11.6. The first kappa shape index (κ1) is 33.2. The van der Waals surface area contributed by atoms with E-state index < -0.39 is 8.07 Å². The number of fused-ring (bicyclic) bond motifs is 9. The molecule has 3 aromatic heterocycles. The first-order valence-corrected chi connectivity index (χ1v) is 22.8. The predicted molar refractivity (Wildman–Crippen MR) is 252 cm³/mol. The molecule has 0 radical (unpaired) electrons. The van der Waals surface area contributed by atoms with E-state index in [1.54, 1.807) is 0 Å². The summed E-state index contributed by atoms with van der Waals surface area (Å²) in [5, 5.41) is 13.2. The van der Waals surface area contributed by atoms with Crippen molar-refractivity contribution in [3.05, 3.63) is 218 Å². The molecular weight excluding hydrogens is 737 g/mol. The summed E-state index contributed by atoms with van der Waals surface area (Å²) >= 11 is 1.93. The zero-order valence-corrected chi connectivity index (χ0v) is 33.4. The number of hydrogen-bond donors (Lipinski definition) is 0. The molecule has 9 aromatic carbocycles. The largest absolute Gasteiger partial charge is 0.309 e. The third kappa shape index (κ3) is 4.76. The van der Waals surface area contributed by atoms with Gasteiger partial charge in [-0.05, 0) is 75.3 Å². The summed E-state index contributed by atoms with van der Waals surface area (Å²) in [7, 11) is -2.91. The molecule has 2 nitrogen and oxygen atoms in total. The van der Waals surface area contributed by atoms with Crippen molar-refractivity contribution in [1.29, 1.82) is 0 Å². The Balaban J connectivity index is 1.13. The Morgan fingerprint density at radius 2 is 0.776 bits per heavy atom. The fourth-order valence-electron chi connectivity index (χ4n) is 9.84. The van der Waals surface area contributed by atoms with Crippen LogP contribution in [0.15, 0.2) is 218 Å². The van der Waals surface area contributed by atoms with Gasteiger partial charge in [-0.1, -0.05) is 164 Å². The standard InChI is InChI=1S/C54H36N2SSi/c1-3-18-39(19-4-1)58(40-20-5-2-6-21-40,53-32-16-27-46-45-26-10-14-31-52(45)57-54(46)53)41-22-15-17-37(35-41)55-50-30-13-9-25-44(50)47-36-38(33-34-51(47)55)56-48-28-11-7-23-42(48)43-24-8-12-29-49(43)56/h1-36H. The Hall–Kier alpha value is -6.98. The third-order valence-electron chi connectivity index (χ3n) is 12.3. The second-order valence-electron chi connectivity index (χ2n) is 15.2. The summed E-state index contributed by atoms with van der Waals surface area (Å²) in [6, 6.07) is 81.5. The molecule has 0 saturated heterocycles. The molecule has 0 aliphatic rings. The van der Waals surface area contributed by atoms with Crippen molar-refractivity contribution in [3.8, 4) is 11.4 Å². The molecule has 0 unspecified atom stereocenters. The van der Waals surface area contributed by atoms with Crippen LogP contribution in [0.25, 0.3) is 75.2 Å². The van der Waals surface area contributed by atoms with E-state index in [2.05, 4.69) is 228 Å². The Bertz CT molecular complexity index is 3430. The molecule has 0 fully saturated rings. The van der Waals surface area contributed by atoms with Gasteiger partial charge in [-0.15, -0.1) is 11.3 Å². The molecule has 0 amide bonds. The molecule has 58 heavy (non-hydrogen) atoms. The maximum absolute atomic E-state index is 2.91. The second kappa shape index (κ2) is 13.0. The Morgan fingerprint density at radius 3 is 1.41 bits per heavy atom. The summed E-state index contributed by atoms with van der Waals surface area (Å²) in [5.41, 5.74) is 7.17. The number of para-hydroxylation sites is 3. The van der Waals surface area contributed by atoms with Crippen LogP contribution in [0.4, 0.5) is 0 Å². The van der Waals surface area contributed by atoms with Crippen LogP contribution < -0.4 is 20.7 Å². The van der Waals surface area contributed by atoms with Crippen LogP contribution in [0, 0.1) is 0 Å². The van der Waals surface area contributed by atoms with Crippen LogP contribution in [0.1, 0.15) is 0 Å². The van der Waals surface area contributed by atoms with Gasteiger partial charge in [0.25, 0.3) is 0 Å². The van der Waals surface area contributed by atoms with E-state index in [-0.39, 0.29) is 0 Å². The average Bonchev–Trinajstić information content (AvgIpc) is 3.96. The van der Waals surface area contributed by atoms with Crippen molar-refractivity contribution < 1.29 is 0 Å². The summed E-state index contributed by atoms with van der Waals surface area (Å²) < 4.78 is 7.61. The summed E-state index contributed by atoms with van der Waals surface area (Å²) in [6.07, 6.45) is 0. The number of nitrogens with zero attached hydrogens (tertiary/aromatic N) is 2. The van der Waals surface area contributed by atoms with E-state index >= 15 is 0 Å². The van der Waals surface area contributed by atoms with Crippen LogP contribution >= 0.6 is 11.3 Å². The van der Waals surface area contributed by atoms with Gasteiger partial charge in [0, 0.05) is 53.1 Å². The highest BCUT2D eigenvalue weighted by atomic mass is 32.1. The maximum Gasteiger partial charge on any atom is 0.181 e. The molecule has 12 rings (SSSR count). The Morgan fingerprint density at radius 1 is 0.310 bits per heavy atom. The molecule has 0 spiro atoms. The minimum absolute atomic E-state index is 1.16. The van der Waals surface area contributed by atoms with Gasteiger partial charge >= 0.3 is 0 Å². The molecule has 0 atom stereocenters. The highest BCUT2D eigenvalue weighted by molar-refractivity contribution is 7.30. The van der Waals surface area contributed by atoms with Crippen LogP contribution in [-0.4, -0.2) is 17.2 Å². The minimum Gasteiger partial charge on any atom is -0.309 e. The first-order chi connectivity index (χ1) is 28.8. The number of hydrogen-bond acceptors (Lipinski definition) is 1. The second-order valence-corrected chi connectivity index (χ2v) is 20.1. The van der Waals surface area contributed by atoms with Gasteiger partial charge in [0.05, 0.1) is 22.1 Å². The van der Waals surface area contributed by atoms with Gasteiger partial charge in [-0.2, -0.15) is 0 Å². The van der Waals surface area contributed by atoms with Crippen molar-refractivity contribution in [1.82, 2.24) is 9.13 Å². The van der Waals surface area contributed by atoms with Gasteiger partial charge < -0.3 is 9.13 Å². The van der Waals surface area contributed by atoms with Gasteiger partial charge in [0.2, 0.25) is 0 Å². The minimum atomic E-state index is -2.91. The zero-order valence-electron chi connectivity index (χ0n) is 31.6. The monoisotopic (exact) mass is 772 g/mol. The van der Waals surface area contributed by atoms with Gasteiger partial charge in [0.1, 0.15) is 0 Å². The average molecular weight is 773 g/mol. The fraction of sp³-hybridized carbons (Fsp3) is 0. The van der Waals surface area contributed by atoms with Crippen molar-refractivity contribution in [2.75, 3.05) is 0 Å². The smallest absolute Gasteiger partial charge is 0.181 e. The van der Waals surface area contributed by atoms with Gasteiger partial charge in [-0.3, -0.25) is 0 Å². The molecule has 272 valence electrons. The molecular formula is C54H36N2SSi. The Labute approximate surface area is 341 Å². The lowest BCUT2D eigenvalue weighted by Crippen LogP contribution is -2.74. The molecule has 12 aromatic rings. The van der Waals surface area contributed by atoms with Crippen molar-refractivity contribution in [3.63, 3.8) is 0 Å². The summed E-state index contributed by atoms with van der Waals surface area (Å²) in [5.74, 6) is 0. The SMILES string of the molecule is c1ccc([Si](c2ccccc2)(c2cccc(-n3c4ccccc4c4cc(-n5c6ccccc6c6ccccc65)ccc43)c2)c2cccc3c2sc2ccccc23)cc1. The molecule has 0 saturated carbocycles. The van der Waals surface area contributed by atoms with Gasteiger partial charge in [0.15, 0.2) is 8.07 Å². The quantitative estimate of drug-likeness (QED) is 0.118. The number of aromatic nitrogens is 2. The number of thiophene rings is 1. The molecule has 0 aliphatic carbocycles. The first-order valence-electron chi connectivity index (χ1n) is 19.9. The summed E-state index contributed by atoms with van der Waals surface area (Å²) in [6.45, 7) is 0.